The van der Waals surface area contributed by atoms with Crippen LogP contribution in [0.3, 0.4) is 0 Å². The zero-order valence-corrected chi connectivity index (χ0v) is 15.5. The minimum atomic E-state index is -0.485. The van der Waals surface area contributed by atoms with E-state index >= 15 is 0 Å². The highest BCUT2D eigenvalue weighted by atomic mass is 32.2. The first-order valence-electron chi connectivity index (χ1n) is 8.28. The third-order valence-electron chi connectivity index (χ3n) is 4.14. The second-order valence-electron chi connectivity index (χ2n) is 5.90. The number of amides is 1. The Morgan fingerprint density at radius 3 is 2.79 bits per heavy atom. The highest BCUT2D eigenvalue weighted by Gasteiger charge is 2.21. The van der Waals surface area contributed by atoms with E-state index in [1.165, 1.54) is 31.0 Å². The molecule has 0 saturated heterocycles. The smallest absolute Gasteiger partial charge is 0.273 e. The van der Waals surface area contributed by atoms with Crippen molar-refractivity contribution in [3.05, 3.63) is 75.4 Å². The largest absolute Gasteiger partial charge is 0.496 e. The maximum Gasteiger partial charge on any atom is 0.273 e. The van der Waals surface area contributed by atoms with E-state index in [2.05, 4.69) is 5.32 Å². The maximum atomic E-state index is 12.3. The van der Waals surface area contributed by atoms with Crippen LogP contribution in [0.2, 0.25) is 0 Å². The lowest BCUT2D eigenvalue weighted by atomic mass is 10.1. The fourth-order valence-corrected chi connectivity index (χ4v) is 3.74. The second-order valence-corrected chi connectivity index (χ2v) is 6.99. The maximum absolute atomic E-state index is 12.3. The van der Waals surface area contributed by atoms with Crippen molar-refractivity contribution in [3.8, 4) is 17.1 Å². The van der Waals surface area contributed by atoms with Crippen LogP contribution in [0, 0.1) is 10.1 Å². The number of fused-ring (bicyclic) bond motifs is 1. The van der Waals surface area contributed by atoms with Gasteiger partial charge in [0.15, 0.2) is 0 Å². The summed E-state index contributed by atoms with van der Waals surface area (Å²) < 4.78 is 11.1. The van der Waals surface area contributed by atoms with Gasteiger partial charge >= 0.3 is 0 Å². The van der Waals surface area contributed by atoms with Gasteiger partial charge < -0.3 is 14.5 Å². The molecule has 7 nitrogen and oxygen atoms in total. The van der Waals surface area contributed by atoms with Crippen LogP contribution in [0.25, 0.3) is 17.4 Å². The standard InChI is InChI=1S/C20H14N2O5S/c1-26-17-10-12(22(24)25)6-8-14(17)16-9-7-13(27-16)11-19-20(23)21-15-4-2-3-5-18(15)28-19/h2-11H,1H3,(H,21,23)/b19-11-. The van der Waals surface area contributed by atoms with E-state index in [0.29, 0.717) is 27.7 Å². The number of carbonyl (C=O) groups excluding carboxylic acids is 1. The summed E-state index contributed by atoms with van der Waals surface area (Å²) in [5.41, 5.74) is 1.30. The molecule has 0 atom stereocenters. The average molecular weight is 394 g/mol. The van der Waals surface area contributed by atoms with Gasteiger partial charge in [-0.2, -0.15) is 0 Å². The van der Waals surface area contributed by atoms with Gasteiger partial charge in [0.2, 0.25) is 0 Å². The quantitative estimate of drug-likeness (QED) is 0.382. The van der Waals surface area contributed by atoms with Gasteiger partial charge in [-0.1, -0.05) is 23.9 Å². The number of nitro groups is 1. The molecule has 1 aliphatic rings. The fourth-order valence-electron chi connectivity index (χ4n) is 2.80. The molecule has 3 aromatic rings. The summed E-state index contributed by atoms with van der Waals surface area (Å²) in [6, 6.07) is 15.3. The number of thioether (sulfide) groups is 1. The summed E-state index contributed by atoms with van der Waals surface area (Å²) in [4.78, 5) is 24.2. The Morgan fingerprint density at radius 1 is 1.18 bits per heavy atom. The van der Waals surface area contributed by atoms with Crippen molar-refractivity contribution in [2.75, 3.05) is 12.4 Å². The number of anilines is 1. The number of non-ortho nitro benzene ring substituents is 1. The van der Waals surface area contributed by atoms with Crippen LogP contribution < -0.4 is 10.1 Å². The Balaban J connectivity index is 1.65. The summed E-state index contributed by atoms with van der Waals surface area (Å²) >= 11 is 1.37. The Hall–Kier alpha value is -3.52. The van der Waals surface area contributed by atoms with E-state index in [0.717, 1.165) is 10.6 Å². The van der Waals surface area contributed by atoms with Crippen molar-refractivity contribution in [1.29, 1.82) is 0 Å². The number of benzene rings is 2. The normalized spacial score (nSPS) is 14.5. The molecule has 140 valence electrons. The van der Waals surface area contributed by atoms with Crippen molar-refractivity contribution in [2.24, 2.45) is 0 Å². The molecule has 8 heteroatoms. The van der Waals surface area contributed by atoms with Crippen molar-refractivity contribution in [2.45, 2.75) is 4.90 Å². The number of methoxy groups -OCH3 is 1. The lowest BCUT2D eigenvalue weighted by Gasteiger charge is -2.17. The van der Waals surface area contributed by atoms with Gasteiger partial charge in [-0.25, -0.2) is 0 Å². The minimum Gasteiger partial charge on any atom is -0.496 e. The third-order valence-corrected chi connectivity index (χ3v) is 5.24. The summed E-state index contributed by atoms with van der Waals surface area (Å²) in [5, 5.41) is 13.8. The summed E-state index contributed by atoms with van der Waals surface area (Å²) in [7, 11) is 1.44. The van der Waals surface area contributed by atoms with E-state index < -0.39 is 4.92 Å². The molecule has 0 fully saturated rings. The molecule has 0 unspecified atom stereocenters. The molecular weight excluding hydrogens is 380 g/mol. The summed E-state index contributed by atoms with van der Waals surface area (Å²) in [6.07, 6.45) is 1.66. The predicted octanol–water partition coefficient (Wildman–Crippen LogP) is 4.95. The van der Waals surface area contributed by atoms with E-state index in [4.69, 9.17) is 9.15 Å². The van der Waals surface area contributed by atoms with E-state index in [9.17, 15) is 14.9 Å². The zero-order valence-electron chi connectivity index (χ0n) is 14.7. The average Bonchev–Trinajstić information content (AvgIpc) is 3.16. The van der Waals surface area contributed by atoms with Gasteiger partial charge in [0.05, 0.1) is 34.3 Å². The monoisotopic (exact) mass is 394 g/mol. The molecule has 0 spiro atoms. The number of carbonyl (C=O) groups is 1. The van der Waals surface area contributed by atoms with Crippen LogP contribution in [0.4, 0.5) is 11.4 Å². The van der Waals surface area contributed by atoms with Gasteiger partial charge in [-0.3, -0.25) is 14.9 Å². The molecule has 0 bridgehead atoms. The van der Waals surface area contributed by atoms with Crippen molar-refractivity contribution in [1.82, 2.24) is 0 Å². The minimum absolute atomic E-state index is 0.0663. The van der Waals surface area contributed by atoms with Crippen LogP contribution in [0.15, 0.2) is 68.8 Å². The van der Waals surface area contributed by atoms with Crippen molar-refractivity contribution in [3.63, 3.8) is 0 Å². The lowest BCUT2D eigenvalue weighted by Crippen LogP contribution is -2.16. The van der Waals surface area contributed by atoms with Crippen molar-refractivity contribution < 1.29 is 18.9 Å². The first-order valence-corrected chi connectivity index (χ1v) is 9.09. The molecule has 0 radical (unpaired) electrons. The number of nitrogens with one attached hydrogen (secondary N) is 1. The molecule has 1 N–H and O–H groups in total. The molecule has 4 rings (SSSR count). The Bertz CT molecular complexity index is 1120. The number of nitrogens with zero attached hydrogens (tertiary/aromatic N) is 1. The van der Waals surface area contributed by atoms with Gasteiger partial charge in [-0.05, 0) is 30.3 Å². The van der Waals surface area contributed by atoms with Crippen LogP contribution in [0.5, 0.6) is 5.75 Å². The number of para-hydroxylation sites is 1. The number of furan rings is 1. The first kappa shape index (κ1) is 17.9. The molecule has 28 heavy (non-hydrogen) atoms. The highest BCUT2D eigenvalue weighted by Crippen LogP contribution is 2.39. The zero-order chi connectivity index (χ0) is 19.7. The van der Waals surface area contributed by atoms with Gasteiger partial charge in [-0.15, -0.1) is 0 Å². The molecule has 1 amide bonds. The van der Waals surface area contributed by atoms with Crippen LogP contribution in [-0.4, -0.2) is 17.9 Å². The van der Waals surface area contributed by atoms with Crippen LogP contribution in [0.1, 0.15) is 5.76 Å². The molecular formula is C20H14N2O5S. The summed E-state index contributed by atoms with van der Waals surface area (Å²) in [6.45, 7) is 0. The topological polar surface area (TPSA) is 94.6 Å². The Morgan fingerprint density at radius 2 is 2.00 bits per heavy atom. The summed E-state index contributed by atoms with van der Waals surface area (Å²) in [5.74, 6) is 1.11. The fraction of sp³-hybridized carbons (Fsp3) is 0.0500. The Kier molecular flexibility index (Phi) is 4.62. The predicted molar refractivity (Wildman–Crippen MR) is 106 cm³/mol. The van der Waals surface area contributed by atoms with Crippen molar-refractivity contribution >= 4 is 35.1 Å². The van der Waals surface area contributed by atoms with Gasteiger partial charge in [0.1, 0.15) is 17.3 Å². The number of rotatable bonds is 4. The Labute approximate surface area is 164 Å². The van der Waals surface area contributed by atoms with E-state index in [1.807, 2.05) is 24.3 Å². The molecule has 2 aromatic carbocycles. The van der Waals surface area contributed by atoms with E-state index in [1.54, 1.807) is 24.3 Å². The molecule has 1 aromatic heterocycles. The number of hydrogen-bond donors (Lipinski definition) is 1. The first-order chi connectivity index (χ1) is 13.5. The third kappa shape index (κ3) is 3.37. The lowest BCUT2D eigenvalue weighted by molar-refractivity contribution is -0.384. The number of hydrogen-bond acceptors (Lipinski definition) is 6. The van der Waals surface area contributed by atoms with Crippen LogP contribution >= 0.6 is 11.8 Å². The number of nitro benzene ring substituents is 1. The van der Waals surface area contributed by atoms with Gasteiger partial charge in [0.25, 0.3) is 11.6 Å². The molecule has 0 saturated carbocycles. The van der Waals surface area contributed by atoms with Gasteiger partial charge in [0, 0.05) is 17.0 Å². The molecule has 2 heterocycles. The second kappa shape index (κ2) is 7.24. The SMILES string of the molecule is COc1cc([N+](=O)[O-])ccc1-c1ccc(/C=C2\Sc3ccccc3NC2=O)o1. The van der Waals surface area contributed by atoms with Crippen LogP contribution in [-0.2, 0) is 4.79 Å². The highest BCUT2D eigenvalue weighted by molar-refractivity contribution is 8.04. The molecule has 0 aliphatic carbocycles. The molecule has 1 aliphatic heterocycles. The number of ether oxygens (including phenoxy) is 1. The van der Waals surface area contributed by atoms with E-state index in [-0.39, 0.29) is 11.6 Å².